The van der Waals surface area contributed by atoms with Gasteiger partial charge in [-0.25, -0.2) is 4.98 Å². The molecule has 3 aromatic rings. The molecule has 134 valence electrons. The van der Waals surface area contributed by atoms with Gasteiger partial charge >= 0.3 is 0 Å². The number of ether oxygens (including phenoxy) is 1. The fourth-order valence-electron chi connectivity index (χ4n) is 3.63. The maximum absolute atomic E-state index is 12.8. The Balaban J connectivity index is 1.90. The number of aromatic nitrogens is 2. The van der Waals surface area contributed by atoms with Gasteiger partial charge in [0.25, 0.3) is 5.91 Å². The average molecular weight is 349 g/mol. The van der Waals surface area contributed by atoms with E-state index in [4.69, 9.17) is 9.72 Å². The van der Waals surface area contributed by atoms with Gasteiger partial charge in [-0.05, 0) is 31.4 Å². The summed E-state index contributed by atoms with van der Waals surface area (Å²) in [4.78, 5) is 19.1. The number of hydrogen-bond donors (Lipinski definition) is 0. The molecule has 5 heteroatoms. The molecule has 5 nitrogen and oxygen atoms in total. The van der Waals surface area contributed by atoms with Crippen molar-refractivity contribution in [1.29, 1.82) is 0 Å². The zero-order chi connectivity index (χ0) is 18.4. The van der Waals surface area contributed by atoms with Crippen LogP contribution < -0.4 is 4.74 Å². The van der Waals surface area contributed by atoms with E-state index in [9.17, 15) is 4.79 Å². The first-order valence-corrected chi connectivity index (χ1v) is 8.89. The van der Waals surface area contributed by atoms with E-state index < -0.39 is 0 Å². The standard InChI is InChI=1S/C21H23N3O2/c1-13-22-19-17(24(13)4)12-16(21(25)23(2)3)15-10-11-18(26-20(15)19)14-8-6-5-7-9-14/h5-9,12,18H,10-11H2,1-4H3/t18-/m1/s1. The molecule has 0 unspecified atom stereocenters. The first kappa shape index (κ1) is 16.6. The minimum atomic E-state index is -0.0149. The zero-order valence-corrected chi connectivity index (χ0v) is 15.6. The summed E-state index contributed by atoms with van der Waals surface area (Å²) < 4.78 is 8.44. The molecule has 1 aliphatic heterocycles. The first-order chi connectivity index (χ1) is 12.5. The summed E-state index contributed by atoms with van der Waals surface area (Å²) in [6.45, 7) is 1.97. The highest BCUT2D eigenvalue weighted by Crippen LogP contribution is 2.41. The van der Waals surface area contributed by atoms with Crippen molar-refractivity contribution in [3.05, 3.63) is 58.9 Å². The molecule has 0 fully saturated rings. The van der Waals surface area contributed by atoms with Gasteiger partial charge in [0.05, 0.1) is 5.52 Å². The number of rotatable bonds is 2. The smallest absolute Gasteiger partial charge is 0.253 e. The van der Waals surface area contributed by atoms with Crippen LogP contribution in [-0.4, -0.2) is 34.5 Å². The fourth-order valence-corrected chi connectivity index (χ4v) is 3.63. The molecule has 0 N–H and O–H groups in total. The number of aryl methyl sites for hydroxylation is 2. The summed E-state index contributed by atoms with van der Waals surface area (Å²) >= 11 is 0. The highest BCUT2D eigenvalue weighted by atomic mass is 16.5. The third-order valence-corrected chi connectivity index (χ3v) is 5.18. The van der Waals surface area contributed by atoms with E-state index in [1.54, 1.807) is 19.0 Å². The predicted molar refractivity (Wildman–Crippen MR) is 102 cm³/mol. The molecule has 0 radical (unpaired) electrons. The lowest BCUT2D eigenvalue weighted by Gasteiger charge is -2.28. The van der Waals surface area contributed by atoms with E-state index in [0.717, 1.165) is 46.6 Å². The van der Waals surface area contributed by atoms with Crippen molar-refractivity contribution in [3.63, 3.8) is 0 Å². The predicted octanol–water partition coefficient (Wildman–Crippen LogP) is 3.65. The molecule has 1 atom stereocenters. The zero-order valence-electron chi connectivity index (χ0n) is 15.6. The van der Waals surface area contributed by atoms with Crippen LogP contribution in [0.5, 0.6) is 5.75 Å². The lowest BCUT2D eigenvalue weighted by atomic mass is 9.93. The van der Waals surface area contributed by atoms with Crippen molar-refractivity contribution >= 4 is 16.9 Å². The molecule has 1 aliphatic rings. The number of fused-ring (bicyclic) bond motifs is 3. The highest BCUT2D eigenvalue weighted by Gasteiger charge is 2.29. The third kappa shape index (κ3) is 2.55. The number of nitrogens with zero attached hydrogens (tertiary/aromatic N) is 3. The second-order valence-electron chi connectivity index (χ2n) is 7.07. The Kier molecular flexibility index (Phi) is 3.94. The van der Waals surface area contributed by atoms with Crippen LogP contribution in [0.4, 0.5) is 0 Å². The molecule has 0 saturated heterocycles. The van der Waals surface area contributed by atoms with Gasteiger partial charge in [0.15, 0.2) is 5.75 Å². The average Bonchev–Trinajstić information content (AvgIpc) is 2.95. The van der Waals surface area contributed by atoms with Gasteiger partial charge < -0.3 is 14.2 Å². The summed E-state index contributed by atoms with van der Waals surface area (Å²) in [7, 11) is 5.53. The normalized spacial score (nSPS) is 16.2. The molecule has 2 aromatic carbocycles. The molecule has 0 spiro atoms. The first-order valence-electron chi connectivity index (χ1n) is 8.89. The van der Waals surface area contributed by atoms with Gasteiger partial charge in [-0.2, -0.15) is 0 Å². The maximum Gasteiger partial charge on any atom is 0.253 e. The van der Waals surface area contributed by atoms with Gasteiger partial charge in [-0.3, -0.25) is 4.79 Å². The largest absolute Gasteiger partial charge is 0.483 e. The molecule has 2 heterocycles. The van der Waals surface area contributed by atoms with Crippen LogP contribution in [0.1, 0.15) is 39.8 Å². The Bertz CT molecular complexity index is 990. The second-order valence-corrected chi connectivity index (χ2v) is 7.07. The van der Waals surface area contributed by atoms with E-state index in [2.05, 4.69) is 12.1 Å². The number of hydrogen-bond acceptors (Lipinski definition) is 3. The van der Waals surface area contributed by atoms with Crippen LogP contribution in [0, 0.1) is 6.92 Å². The van der Waals surface area contributed by atoms with Crippen LogP contribution in [0.25, 0.3) is 11.0 Å². The Labute approximate surface area is 153 Å². The minimum Gasteiger partial charge on any atom is -0.483 e. The van der Waals surface area contributed by atoms with Crippen molar-refractivity contribution in [1.82, 2.24) is 14.5 Å². The van der Waals surface area contributed by atoms with Gasteiger partial charge in [0, 0.05) is 32.3 Å². The van der Waals surface area contributed by atoms with E-state index in [1.807, 2.05) is 42.8 Å². The number of carbonyl (C=O) groups excluding carboxylic acids is 1. The Hall–Kier alpha value is -2.82. The van der Waals surface area contributed by atoms with E-state index in [1.165, 1.54) is 0 Å². The number of amides is 1. The van der Waals surface area contributed by atoms with Gasteiger partial charge in [0.2, 0.25) is 0 Å². The monoisotopic (exact) mass is 349 g/mol. The summed E-state index contributed by atoms with van der Waals surface area (Å²) in [5.41, 5.74) is 4.62. The van der Waals surface area contributed by atoms with E-state index in [0.29, 0.717) is 5.56 Å². The Morgan fingerprint density at radius 3 is 2.69 bits per heavy atom. The van der Waals surface area contributed by atoms with Crippen molar-refractivity contribution in [3.8, 4) is 5.75 Å². The number of imidazole rings is 1. The van der Waals surface area contributed by atoms with Crippen LogP contribution >= 0.6 is 0 Å². The second kappa shape index (κ2) is 6.16. The SMILES string of the molecule is Cc1nc2c3c(c(C(=O)N(C)C)cc2n1C)CC[C@H](c1ccccc1)O3. The Morgan fingerprint density at radius 2 is 2.00 bits per heavy atom. The molecule has 1 aromatic heterocycles. The highest BCUT2D eigenvalue weighted by molar-refractivity contribution is 6.01. The summed E-state index contributed by atoms with van der Waals surface area (Å²) in [6, 6.07) is 12.2. The maximum atomic E-state index is 12.8. The lowest BCUT2D eigenvalue weighted by Crippen LogP contribution is -2.25. The van der Waals surface area contributed by atoms with Crippen LogP contribution in [0.2, 0.25) is 0 Å². The van der Waals surface area contributed by atoms with Gasteiger partial charge in [-0.15, -0.1) is 0 Å². The van der Waals surface area contributed by atoms with Crippen molar-refractivity contribution < 1.29 is 9.53 Å². The van der Waals surface area contributed by atoms with Crippen molar-refractivity contribution in [2.45, 2.75) is 25.9 Å². The summed E-state index contributed by atoms with van der Waals surface area (Å²) in [5.74, 6) is 1.67. The number of benzene rings is 2. The molecule has 1 amide bonds. The summed E-state index contributed by atoms with van der Waals surface area (Å²) in [6.07, 6.45) is 1.64. The molecule has 0 bridgehead atoms. The molecular weight excluding hydrogens is 326 g/mol. The fraction of sp³-hybridized carbons (Fsp3) is 0.333. The molecule has 0 aliphatic carbocycles. The molecule has 26 heavy (non-hydrogen) atoms. The number of carbonyl (C=O) groups is 1. The van der Waals surface area contributed by atoms with E-state index >= 15 is 0 Å². The third-order valence-electron chi connectivity index (χ3n) is 5.18. The van der Waals surface area contributed by atoms with Crippen LogP contribution in [0.3, 0.4) is 0 Å². The lowest BCUT2D eigenvalue weighted by molar-refractivity contribution is 0.0823. The molecule has 0 saturated carbocycles. The van der Waals surface area contributed by atoms with Crippen LogP contribution in [-0.2, 0) is 13.5 Å². The Morgan fingerprint density at radius 1 is 1.27 bits per heavy atom. The van der Waals surface area contributed by atoms with Gasteiger partial charge in [0.1, 0.15) is 17.4 Å². The quantitative estimate of drug-likeness (QED) is 0.709. The van der Waals surface area contributed by atoms with Gasteiger partial charge in [-0.1, -0.05) is 30.3 Å². The molecular formula is C21H23N3O2. The van der Waals surface area contributed by atoms with Crippen molar-refractivity contribution in [2.75, 3.05) is 14.1 Å². The topological polar surface area (TPSA) is 47.4 Å². The van der Waals surface area contributed by atoms with Crippen molar-refractivity contribution in [2.24, 2.45) is 7.05 Å². The summed E-state index contributed by atoms with van der Waals surface area (Å²) in [5, 5.41) is 0. The van der Waals surface area contributed by atoms with Crippen LogP contribution in [0.15, 0.2) is 36.4 Å². The minimum absolute atomic E-state index is 0.00349. The van der Waals surface area contributed by atoms with E-state index in [-0.39, 0.29) is 12.0 Å². The molecule has 4 rings (SSSR count).